The van der Waals surface area contributed by atoms with Gasteiger partial charge < -0.3 is 10.6 Å². The maximum absolute atomic E-state index is 12.0. The van der Waals surface area contributed by atoms with Crippen molar-refractivity contribution in [3.05, 3.63) is 35.4 Å². The van der Waals surface area contributed by atoms with Gasteiger partial charge in [-0.05, 0) is 24.6 Å². The van der Waals surface area contributed by atoms with Crippen molar-refractivity contribution >= 4 is 5.91 Å². The molecule has 2 N–H and O–H groups in total. The van der Waals surface area contributed by atoms with E-state index in [2.05, 4.69) is 28.5 Å². The maximum atomic E-state index is 12.0. The Bertz CT molecular complexity index is 506. The largest absolute Gasteiger partial charge is 0.358 e. The highest BCUT2D eigenvalue weighted by Crippen LogP contribution is 2.23. The summed E-state index contributed by atoms with van der Waals surface area (Å²) < 4.78 is 0. The Morgan fingerprint density at radius 3 is 2.80 bits per heavy atom. The highest BCUT2D eigenvalue weighted by Gasteiger charge is 2.31. The first-order valence-corrected chi connectivity index (χ1v) is 6.85. The van der Waals surface area contributed by atoms with Crippen LogP contribution in [0.15, 0.2) is 24.3 Å². The van der Waals surface area contributed by atoms with E-state index in [0.717, 1.165) is 18.7 Å². The summed E-state index contributed by atoms with van der Waals surface area (Å²) in [5.41, 5.74) is 1.78. The maximum Gasteiger partial charge on any atom is 0.238 e. The minimum atomic E-state index is -0.153. The van der Waals surface area contributed by atoms with E-state index in [4.69, 9.17) is 5.26 Å². The van der Waals surface area contributed by atoms with Gasteiger partial charge in [0.15, 0.2) is 0 Å². The van der Waals surface area contributed by atoms with Gasteiger partial charge in [-0.2, -0.15) is 5.26 Å². The van der Waals surface area contributed by atoms with Crippen LogP contribution in [-0.4, -0.2) is 43.5 Å². The van der Waals surface area contributed by atoms with Gasteiger partial charge in [-0.25, -0.2) is 0 Å². The molecule has 1 saturated heterocycles. The number of rotatable bonds is 3. The van der Waals surface area contributed by atoms with E-state index in [1.165, 1.54) is 0 Å². The quantitative estimate of drug-likeness (QED) is 0.847. The predicted molar refractivity (Wildman–Crippen MR) is 77.0 cm³/mol. The molecule has 2 unspecified atom stereocenters. The predicted octanol–water partition coefficient (Wildman–Crippen LogP) is 0.639. The molecule has 1 amide bonds. The number of likely N-dealkylation sites (N-methyl/N-ethyl adjacent to an activating group) is 1. The second-order valence-corrected chi connectivity index (χ2v) is 4.98. The van der Waals surface area contributed by atoms with Crippen molar-refractivity contribution in [2.24, 2.45) is 0 Å². The molecule has 2 atom stereocenters. The third-order valence-corrected chi connectivity index (χ3v) is 3.85. The van der Waals surface area contributed by atoms with Crippen LogP contribution in [0.3, 0.4) is 0 Å². The normalized spacial score (nSPS) is 20.9. The van der Waals surface area contributed by atoms with E-state index in [1.54, 1.807) is 7.05 Å². The fourth-order valence-corrected chi connectivity index (χ4v) is 2.62. The number of nitrogens with one attached hydrogen (secondary N) is 2. The average Bonchev–Trinajstić information content (AvgIpc) is 2.53. The van der Waals surface area contributed by atoms with Crippen molar-refractivity contribution in [3.8, 4) is 6.07 Å². The molecule has 2 rings (SSSR count). The van der Waals surface area contributed by atoms with Crippen molar-refractivity contribution in [1.29, 1.82) is 5.26 Å². The fraction of sp³-hybridized carbons (Fsp3) is 0.467. The fourth-order valence-electron chi connectivity index (χ4n) is 2.62. The molecule has 0 saturated carbocycles. The van der Waals surface area contributed by atoms with Gasteiger partial charge >= 0.3 is 0 Å². The van der Waals surface area contributed by atoms with Crippen LogP contribution in [0.4, 0.5) is 0 Å². The zero-order chi connectivity index (χ0) is 14.5. The summed E-state index contributed by atoms with van der Waals surface area (Å²) in [5, 5.41) is 14.8. The zero-order valence-corrected chi connectivity index (χ0v) is 11.9. The summed E-state index contributed by atoms with van der Waals surface area (Å²) >= 11 is 0. The van der Waals surface area contributed by atoms with Crippen LogP contribution >= 0.6 is 0 Å². The molecule has 0 aromatic heterocycles. The van der Waals surface area contributed by atoms with E-state index in [0.29, 0.717) is 12.1 Å². The standard InChI is InChI=1S/C15H20N4O/c1-11(13-5-3-12(9-16)4-6-13)19-8-7-18-10-14(19)15(20)17-2/h3-6,11,14,18H,7-8,10H2,1-2H3,(H,17,20). The topological polar surface area (TPSA) is 68.2 Å². The number of carbonyl (C=O) groups excluding carboxylic acids is 1. The second kappa shape index (κ2) is 6.51. The monoisotopic (exact) mass is 272 g/mol. The molecule has 1 aromatic rings. The van der Waals surface area contributed by atoms with E-state index in [-0.39, 0.29) is 18.0 Å². The van der Waals surface area contributed by atoms with Gasteiger partial charge in [0.2, 0.25) is 5.91 Å². The minimum absolute atomic E-state index is 0.0395. The molecular formula is C15H20N4O. The number of carbonyl (C=O) groups is 1. The Kier molecular flexibility index (Phi) is 4.72. The summed E-state index contributed by atoms with van der Waals surface area (Å²) in [4.78, 5) is 14.2. The van der Waals surface area contributed by atoms with Crippen LogP contribution in [-0.2, 0) is 4.79 Å². The molecule has 1 aliphatic rings. The van der Waals surface area contributed by atoms with Gasteiger partial charge in [-0.1, -0.05) is 12.1 Å². The van der Waals surface area contributed by atoms with Crippen molar-refractivity contribution in [3.63, 3.8) is 0 Å². The molecule has 1 fully saturated rings. The summed E-state index contributed by atoms with van der Waals surface area (Å²) in [7, 11) is 1.67. The molecule has 106 valence electrons. The van der Waals surface area contributed by atoms with Crippen LogP contribution in [0.2, 0.25) is 0 Å². The summed E-state index contributed by atoms with van der Waals surface area (Å²) in [6, 6.07) is 9.69. The van der Waals surface area contributed by atoms with Crippen LogP contribution < -0.4 is 10.6 Å². The Morgan fingerprint density at radius 1 is 1.50 bits per heavy atom. The number of hydrogen-bond acceptors (Lipinski definition) is 4. The molecule has 5 nitrogen and oxygen atoms in total. The van der Waals surface area contributed by atoms with E-state index in [9.17, 15) is 4.79 Å². The average molecular weight is 272 g/mol. The first-order chi connectivity index (χ1) is 9.67. The number of amides is 1. The van der Waals surface area contributed by atoms with Crippen LogP contribution in [0.25, 0.3) is 0 Å². The summed E-state index contributed by atoms with van der Waals surface area (Å²) in [5.74, 6) is 0.0395. The molecule has 5 heteroatoms. The van der Waals surface area contributed by atoms with Crippen LogP contribution in [0, 0.1) is 11.3 Å². The Labute approximate surface area is 119 Å². The van der Waals surface area contributed by atoms with Gasteiger partial charge in [0.1, 0.15) is 6.04 Å². The van der Waals surface area contributed by atoms with Gasteiger partial charge in [-0.15, -0.1) is 0 Å². The Morgan fingerprint density at radius 2 is 2.20 bits per heavy atom. The molecule has 1 aliphatic heterocycles. The Balaban J connectivity index is 2.18. The second-order valence-electron chi connectivity index (χ2n) is 4.98. The molecular weight excluding hydrogens is 252 g/mol. The van der Waals surface area contributed by atoms with Crippen LogP contribution in [0.1, 0.15) is 24.1 Å². The van der Waals surface area contributed by atoms with E-state index >= 15 is 0 Å². The molecule has 0 radical (unpaired) electrons. The third kappa shape index (κ3) is 2.98. The molecule has 1 aromatic carbocycles. The number of nitrogens with zero attached hydrogens (tertiary/aromatic N) is 2. The highest BCUT2D eigenvalue weighted by atomic mass is 16.2. The van der Waals surface area contributed by atoms with Gasteiger partial charge in [0.25, 0.3) is 0 Å². The number of nitriles is 1. The minimum Gasteiger partial charge on any atom is -0.358 e. The van der Waals surface area contributed by atoms with Gasteiger partial charge in [0.05, 0.1) is 11.6 Å². The van der Waals surface area contributed by atoms with E-state index in [1.807, 2.05) is 24.3 Å². The SMILES string of the molecule is CNC(=O)C1CNCCN1C(C)c1ccc(C#N)cc1. The van der Waals surface area contributed by atoms with E-state index < -0.39 is 0 Å². The first-order valence-electron chi connectivity index (χ1n) is 6.85. The van der Waals surface area contributed by atoms with Gasteiger partial charge in [0, 0.05) is 32.7 Å². The van der Waals surface area contributed by atoms with Crippen molar-refractivity contribution < 1.29 is 4.79 Å². The van der Waals surface area contributed by atoms with Gasteiger partial charge in [-0.3, -0.25) is 9.69 Å². The molecule has 1 heterocycles. The lowest BCUT2D eigenvalue weighted by Gasteiger charge is -2.39. The zero-order valence-electron chi connectivity index (χ0n) is 11.9. The third-order valence-electron chi connectivity index (χ3n) is 3.85. The lowest BCUT2D eigenvalue weighted by atomic mass is 10.0. The summed E-state index contributed by atoms with van der Waals surface area (Å²) in [6.07, 6.45) is 0. The van der Waals surface area contributed by atoms with Crippen molar-refractivity contribution in [2.45, 2.75) is 19.0 Å². The lowest BCUT2D eigenvalue weighted by molar-refractivity contribution is -0.127. The number of hydrogen-bond donors (Lipinski definition) is 2. The number of piperazine rings is 1. The first kappa shape index (κ1) is 14.5. The molecule has 0 spiro atoms. The molecule has 20 heavy (non-hydrogen) atoms. The van der Waals surface area contributed by atoms with Crippen molar-refractivity contribution in [2.75, 3.05) is 26.7 Å². The molecule has 0 aliphatic carbocycles. The highest BCUT2D eigenvalue weighted by molar-refractivity contribution is 5.81. The molecule has 0 bridgehead atoms. The smallest absolute Gasteiger partial charge is 0.238 e. The summed E-state index contributed by atoms with van der Waals surface area (Å²) in [6.45, 7) is 4.48. The van der Waals surface area contributed by atoms with Crippen LogP contribution in [0.5, 0.6) is 0 Å². The lowest BCUT2D eigenvalue weighted by Crippen LogP contribution is -2.57. The Hall–Kier alpha value is -1.90. The number of benzene rings is 1. The van der Waals surface area contributed by atoms with Crippen molar-refractivity contribution in [1.82, 2.24) is 15.5 Å².